The molecule has 0 saturated carbocycles. The monoisotopic (exact) mass is 403 g/mol. The average molecular weight is 403 g/mol. The van der Waals surface area contributed by atoms with Crippen LogP contribution in [-0.4, -0.2) is 28.8 Å². The van der Waals surface area contributed by atoms with Gasteiger partial charge in [-0.25, -0.2) is 0 Å². The third-order valence-electron chi connectivity index (χ3n) is 5.20. The summed E-state index contributed by atoms with van der Waals surface area (Å²) in [5.41, 5.74) is 2.25. The van der Waals surface area contributed by atoms with Gasteiger partial charge in [0.15, 0.2) is 0 Å². The van der Waals surface area contributed by atoms with Crippen molar-refractivity contribution in [3.05, 3.63) is 95.0 Å². The summed E-state index contributed by atoms with van der Waals surface area (Å²) >= 11 is 0. The molecule has 1 aliphatic rings. The zero-order valence-electron chi connectivity index (χ0n) is 16.7. The molecule has 2 heterocycles. The number of Topliss-reactive ketones (excluding diaryl/α,β-unsaturated/α-hetero) is 1. The fourth-order valence-corrected chi connectivity index (χ4v) is 3.61. The van der Waals surface area contributed by atoms with Gasteiger partial charge in [-0.05, 0) is 36.8 Å². The van der Waals surface area contributed by atoms with Gasteiger partial charge in [0.05, 0.1) is 31.5 Å². The number of aliphatic hydroxyl groups is 1. The summed E-state index contributed by atoms with van der Waals surface area (Å²) in [4.78, 5) is 27.3. The minimum atomic E-state index is -0.748. The Labute approximate surface area is 174 Å². The van der Waals surface area contributed by atoms with Gasteiger partial charge in [0.1, 0.15) is 17.3 Å². The predicted molar refractivity (Wildman–Crippen MR) is 111 cm³/mol. The van der Waals surface area contributed by atoms with E-state index >= 15 is 0 Å². The van der Waals surface area contributed by atoms with Crippen LogP contribution in [0.2, 0.25) is 0 Å². The summed E-state index contributed by atoms with van der Waals surface area (Å²) in [5, 5.41) is 11.0. The summed E-state index contributed by atoms with van der Waals surface area (Å²) in [6, 6.07) is 17.0. The number of ether oxygens (including phenoxy) is 1. The van der Waals surface area contributed by atoms with Gasteiger partial charge in [0, 0.05) is 5.56 Å². The van der Waals surface area contributed by atoms with Crippen molar-refractivity contribution < 1.29 is 23.8 Å². The first-order chi connectivity index (χ1) is 14.5. The molecule has 1 saturated heterocycles. The first-order valence-electron chi connectivity index (χ1n) is 9.51. The molecule has 1 fully saturated rings. The van der Waals surface area contributed by atoms with Crippen molar-refractivity contribution in [2.75, 3.05) is 7.11 Å². The van der Waals surface area contributed by atoms with E-state index in [1.807, 2.05) is 19.1 Å². The summed E-state index contributed by atoms with van der Waals surface area (Å²) in [6.07, 6.45) is 1.51. The molecular weight excluding hydrogens is 382 g/mol. The van der Waals surface area contributed by atoms with Crippen molar-refractivity contribution in [2.24, 2.45) is 0 Å². The number of furan rings is 1. The lowest BCUT2D eigenvalue weighted by molar-refractivity contribution is -0.140. The van der Waals surface area contributed by atoms with Gasteiger partial charge in [-0.2, -0.15) is 0 Å². The van der Waals surface area contributed by atoms with E-state index in [2.05, 4.69) is 0 Å². The van der Waals surface area contributed by atoms with Crippen LogP contribution < -0.4 is 4.74 Å². The third-order valence-corrected chi connectivity index (χ3v) is 5.20. The number of amides is 1. The molecule has 6 heteroatoms. The number of likely N-dealkylation sites (tertiary alicyclic amines) is 1. The van der Waals surface area contributed by atoms with E-state index in [1.54, 1.807) is 55.6 Å². The molecule has 152 valence electrons. The van der Waals surface area contributed by atoms with Gasteiger partial charge >= 0.3 is 0 Å². The van der Waals surface area contributed by atoms with Crippen LogP contribution in [0.15, 0.2) is 76.9 Å². The van der Waals surface area contributed by atoms with E-state index in [0.29, 0.717) is 22.6 Å². The molecule has 2 aromatic carbocycles. The molecule has 1 amide bonds. The van der Waals surface area contributed by atoms with E-state index in [9.17, 15) is 14.7 Å². The average Bonchev–Trinajstić information content (AvgIpc) is 3.36. The van der Waals surface area contributed by atoms with Crippen LogP contribution in [0.3, 0.4) is 0 Å². The second kappa shape index (κ2) is 7.91. The highest BCUT2D eigenvalue weighted by atomic mass is 16.5. The van der Waals surface area contributed by atoms with Gasteiger partial charge in [-0.1, -0.05) is 42.0 Å². The van der Waals surface area contributed by atoms with Crippen molar-refractivity contribution >= 4 is 17.4 Å². The molecule has 0 aliphatic carbocycles. The smallest absolute Gasteiger partial charge is 0.296 e. The normalized spacial score (nSPS) is 18.1. The van der Waals surface area contributed by atoms with E-state index < -0.39 is 17.7 Å². The van der Waals surface area contributed by atoms with Gasteiger partial charge in [-0.3, -0.25) is 9.59 Å². The lowest BCUT2D eigenvalue weighted by atomic mass is 9.95. The summed E-state index contributed by atoms with van der Waals surface area (Å²) in [7, 11) is 1.56. The number of methoxy groups -OCH3 is 1. The van der Waals surface area contributed by atoms with Crippen LogP contribution in [0.5, 0.6) is 5.75 Å². The number of ketones is 1. The number of carbonyl (C=O) groups is 2. The molecule has 0 bridgehead atoms. The molecule has 1 N–H and O–H groups in total. The Balaban J connectivity index is 1.85. The topological polar surface area (TPSA) is 80.0 Å². The zero-order valence-corrected chi connectivity index (χ0v) is 16.7. The van der Waals surface area contributed by atoms with Crippen molar-refractivity contribution in [1.82, 2.24) is 4.90 Å². The molecule has 0 unspecified atom stereocenters. The number of aryl methyl sites for hydroxylation is 1. The molecule has 1 atom stereocenters. The summed E-state index contributed by atoms with van der Waals surface area (Å²) in [6.45, 7) is 2.04. The molecule has 6 nitrogen and oxygen atoms in total. The molecule has 1 aromatic heterocycles. The number of hydrogen-bond donors (Lipinski definition) is 1. The van der Waals surface area contributed by atoms with E-state index in [0.717, 1.165) is 5.56 Å². The minimum absolute atomic E-state index is 0.0561. The van der Waals surface area contributed by atoms with E-state index in [1.165, 1.54) is 11.2 Å². The Hall–Kier alpha value is -3.80. The van der Waals surface area contributed by atoms with Crippen molar-refractivity contribution in [3.63, 3.8) is 0 Å². The molecule has 30 heavy (non-hydrogen) atoms. The highest BCUT2D eigenvalue weighted by molar-refractivity contribution is 6.46. The molecule has 0 spiro atoms. The van der Waals surface area contributed by atoms with E-state index in [4.69, 9.17) is 9.15 Å². The number of carbonyl (C=O) groups excluding carboxylic acids is 2. The van der Waals surface area contributed by atoms with Gasteiger partial charge in [-0.15, -0.1) is 0 Å². The predicted octanol–water partition coefficient (Wildman–Crippen LogP) is 4.22. The molecule has 4 rings (SSSR count). The van der Waals surface area contributed by atoms with Crippen LogP contribution in [0, 0.1) is 6.92 Å². The lowest BCUT2D eigenvalue weighted by Crippen LogP contribution is -2.29. The maximum atomic E-state index is 13.0. The first kappa shape index (κ1) is 19.5. The maximum absolute atomic E-state index is 13.0. The second-order valence-corrected chi connectivity index (χ2v) is 7.15. The zero-order chi connectivity index (χ0) is 21.3. The third kappa shape index (κ3) is 3.48. The Bertz CT molecular complexity index is 1100. The molecule has 1 aliphatic heterocycles. The molecule has 3 aromatic rings. The van der Waals surface area contributed by atoms with Crippen LogP contribution in [0.25, 0.3) is 5.76 Å². The fourth-order valence-electron chi connectivity index (χ4n) is 3.61. The summed E-state index contributed by atoms with van der Waals surface area (Å²) in [5.74, 6) is -0.400. The van der Waals surface area contributed by atoms with Crippen LogP contribution >= 0.6 is 0 Å². The Morgan fingerprint density at radius 3 is 2.37 bits per heavy atom. The fraction of sp³-hybridized carbons (Fsp3) is 0.167. The highest BCUT2D eigenvalue weighted by Crippen LogP contribution is 2.40. The number of nitrogens with zero attached hydrogens (tertiary/aromatic N) is 1. The number of rotatable bonds is 5. The van der Waals surface area contributed by atoms with Gasteiger partial charge in [0.2, 0.25) is 0 Å². The Kier molecular flexibility index (Phi) is 5.14. The van der Waals surface area contributed by atoms with Crippen LogP contribution in [0.1, 0.15) is 28.5 Å². The van der Waals surface area contributed by atoms with Crippen molar-refractivity contribution in [2.45, 2.75) is 19.5 Å². The SMILES string of the molecule is COc1ccc([C@@H]2C(=C(O)c3ccc(C)cc3)C(=O)C(=O)N2Cc2ccco2)cc1. The van der Waals surface area contributed by atoms with Crippen LogP contribution in [0.4, 0.5) is 0 Å². The molecular formula is C24H21NO5. The number of benzene rings is 2. The standard InChI is InChI=1S/C24H21NO5/c1-15-5-7-17(8-6-15)22(26)20-21(16-9-11-18(29-2)12-10-16)25(24(28)23(20)27)14-19-4-3-13-30-19/h3-13,21,26H,14H2,1-2H3/t21-/m1/s1. The number of aliphatic hydroxyl groups excluding tert-OH is 1. The van der Waals surface area contributed by atoms with Crippen LogP contribution in [-0.2, 0) is 16.1 Å². The lowest BCUT2D eigenvalue weighted by Gasteiger charge is -2.24. The Morgan fingerprint density at radius 2 is 1.77 bits per heavy atom. The Morgan fingerprint density at radius 1 is 1.07 bits per heavy atom. The molecule has 0 radical (unpaired) electrons. The van der Waals surface area contributed by atoms with Gasteiger partial charge < -0.3 is 19.2 Å². The number of hydrogen-bond acceptors (Lipinski definition) is 5. The second-order valence-electron chi connectivity index (χ2n) is 7.15. The van der Waals surface area contributed by atoms with Crippen molar-refractivity contribution in [1.29, 1.82) is 0 Å². The first-order valence-corrected chi connectivity index (χ1v) is 9.51. The quantitative estimate of drug-likeness (QED) is 0.392. The minimum Gasteiger partial charge on any atom is -0.507 e. The van der Waals surface area contributed by atoms with Gasteiger partial charge in [0.25, 0.3) is 11.7 Å². The largest absolute Gasteiger partial charge is 0.507 e. The van der Waals surface area contributed by atoms with Crippen molar-refractivity contribution in [3.8, 4) is 5.75 Å². The maximum Gasteiger partial charge on any atom is 0.296 e. The highest BCUT2D eigenvalue weighted by Gasteiger charge is 2.46. The van der Waals surface area contributed by atoms with E-state index in [-0.39, 0.29) is 17.9 Å². The summed E-state index contributed by atoms with van der Waals surface area (Å²) < 4.78 is 10.6.